The van der Waals surface area contributed by atoms with Crippen molar-refractivity contribution in [1.82, 2.24) is 0 Å². The number of furan rings is 1. The highest BCUT2D eigenvalue weighted by Gasteiger charge is 1.84. The van der Waals surface area contributed by atoms with Crippen LogP contribution in [0.3, 0.4) is 0 Å². The van der Waals surface area contributed by atoms with Crippen molar-refractivity contribution >= 4 is 5.97 Å². The Morgan fingerprint density at radius 1 is 1.73 bits per heavy atom. The number of rotatable bonds is 1. The zero-order valence-electron chi connectivity index (χ0n) is 6.70. The zero-order chi connectivity index (χ0) is 8.69. The summed E-state index contributed by atoms with van der Waals surface area (Å²) in [6.07, 6.45) is 2.69. The maximum atomic E-state index is 9.00. The Balaban J connectivity index is 0.000000218. The molecule has 3 nitrogen and oxygen atoms in total. The summed E-state index contributed by atoms with van der Waals surface area (Å²) in [6, 6.07) is 3.87. The normalized spacial score (nSPS) is 8.18. The number of aryl methyl sites for hydroxylation is 1. The standard InChI is InChI=1S/C6H8O.C2H4O2/c1-2-6-4-3-5-7-6;1-2(3)4/h3-5H,2H2,1H3;1H3,(H,3,4). The summed E-state index contributed by atoms with van der Waals surface area (Å²) in [5.74, 6) is 0.222. The van der Waals surface area contributed by atoms with E-state index >= 15 is 0 Å². The summed E-state index contributed by atoms with van der Waals surface area (Å²) in [5, 5.41) is 7.42. The molecule has 62 valence electrons. The molecule has 11 heavy (non-hydrogen) atoms. The lowest BCUT2D eigenvalue weighted by molar-refractivity contribution is -0.134. The van der Waals surface area contributed by atoms with Gasteiger partial charge in [-0.1, -0.05) is 6.92 Å². The summed E-state index contributed by atoms with van der Waals surface area (Å²) >= 11 is 0. The molecule has 0 spiro atoms. The van der Waals surface area contributed by atoms with Crippen molar-refractivity contribution in [2.45, 2.75) is 20.3 Å². The molecule has 0 saturated heterocycles. The molecule has 0 aliphatic carbocycles. The molecule has 0 radical (unpaired) electrons. The number of carboxylic acids is 1. The highest BCUT2D eigenvalue weighted by atomic mass is 16.4. The van der Waals surface area contributed by atoms with Crippen LogP contribution in [0.15, 0.2) is 22.8 Å². The van der Waals surface area contributed by atoms with Gasteiger partial charge in [-0.15, -0.1) is 0 Å². The monoisotopic (exact) mass is 156 g/mol. The van der Waals surface area contributed by atoms with Crippen LogP contribution in [0.2, 0.25) is 0 Å². The molecule has 0 bridgehead atoms. The zero-order valence-corrected chi connectivity index (χ0v) is 6.70. The molecule has 1 rings (SSSR count). The van der Waals surface area contributed by atoms with Gasteiger partial charge in [-0.2, -0.15) is 0 Å². The maximum absolute atomic E-state index is 9.00. The van der Waals surface area contributed by atoms with Gasteiger partial charge in [0.2, 0.25) is 0 Å². The third-order valence-electron chi connectivity index (χ3n) is 0.929. The first kappa shape index (κ1) is 9.75. The number of carbonyl (C=O) groups is 1. The molecule has 1 heterocycles. The Kier molecular flexibility index (Phi) is 4.90. The molecule has 0 saturated carbocycles. The van der Waals surface area contributed by atoms with E-state index in [1.807, 2.05) is 12.1 Å². The minimum atomic E-state index is -0.833. The van der Waals surface area contributed by atoms with Gasteiger partial charge in [-0.05, 0) is 12.1 Å². The molecule has 1 aromatic rings. The molecule has 0 fully saturated rings. The molecular formula is C8H12O3. The first-order chi connectivity index (χ1) is 5.16. The van der Waals surface area contributed by atoms with Gasteiger partial charge in [0.05, 0.1) is 6.26 Å². The van der Waals surface area contributed by atoms with Gasteiger partial charge in [0.25, 0.3) is 5.97 Å². The van der Waals surface area contributed by atoms with E-state index < -0.39 is 5.97 Å². The van der Waals surface area contributed by atoms with Crippen molar-refractivity contribution in [3.8, 4) is 0 Å². The van der Waals surface area contributed by atoms with Crippen LogP contribution in [0, 0.1) is 0 Å². The fraction of sp³-hybridized carbons (Fsp3) is 0.375. The van der Waals surface area contributed by atoms with Crippen LogP contribution in [0.1, 0.15) is 19.6 Å². The van der Waals surface area contributed by atoms with E-state index in [1.54, 1.807) is 6.26 Å². The largest absolute Gasteiger partial charge is 0.481 e. The Labute approximate surface area is 65.6 Å². The van der Waals surface area contributed by atoms with Gasteiger partial charge in [-0.25, -0.2) is 0 Å². The molecule has 0 aromatic carbocycles. The smallest absolute Gasteiger partial charge is 0.300 e. The van der Waals surface area contributed by atoms with E-state index in [0.717, 1.165) is 19.1 Å². The Hall–Kier alpha value is -1.25. The van der Waals surface area contributed by atoms with Crippen LogP contribution in [-0.2, 0) is 11.2 Å². The summed E-state index contributed by atoms with van der Waals surface area (Å²) in [4.78, 5) is 9.00. The minimum Gasteiger partial charge on any atom is -0.481 e. The number of hydrogen-bond acceptors (Lipinski definition) is 2. The molecule has 0 amide bonds. The Morgan fingerprint density at radius 3 is 2.45 bits per heavy atom. The predicted molar refractivity (Wildman–Crippen MR) is 41.4 cm³/mol. The van der Waals surface area contributed by atoms with Gasteiger partial charge in [-0.3, -0.25) is 4.79 Å². The second-order valence-corrected chi connectivity index (χ2v) is 1.95. The van der Waals surface area contributed by atoms with Crippen molar-refractivity contribution in [2.24, 2.45) is 0 Å². The third-order valence-corrected chi connectivity index (χ3v) is 0.929. The molecule has 0 unspecified atom stereocenters. The summed E-state index contributed by atoms with van der Waals surface area (Å²) < 4.78 is 4.98. The number of aliphatic carboxylic acids is 1. The van der Waals surface area contributed by atoms with E-state index in [9.17, 15) is 0 Å². The SMILES string of the molecule is CC(=O)O.CCc1ccco1. The molecular weight excluding hydrogens is 144 g/mol. The summed E-state index contributed by atoms with van der Waals surface area (Å²) in [6.45, 7) is 3.15. The third kappa shape index (κ3) is 6.64. The van der Waals surface area contributed by atoms with Crippen LogP contribution >= 0.6 is 0 Å². The van der Waals surface area contributed by atoms with Crippen molar-refractivity contribution in [1.29, 1.82) is 0 Å². The highest BCUT2D eigenvalue weighted by molar-refractivity contribution is 5.62. The van der Waals surface area contributed by atoms with Gasteiger partial charge in [0, 0.05) is 13.3 Å². The van der Waals surface area contributed by atoms with Crippen LogP contribution in [-0.4, -0.2) is 11.1 Å². The summed E-state index contributed by atoms with van der Waals surface area (Å²) in [7, 11) is 0. The van der Waals surface area contributed by atoms with Gasteiger partial charge in [0.15, 0.2) is 0 Å². The van der Waals surface area contributed by atoms with Crippen molar-refractivity contribution < 1.29 is 14.3 Å². The molecule has 0 aliphatic heterocycles. The van der Waals surface area contributed by atoms with Crippen molar-refractivity contribution in [3.05, 3.63) is 24.2 Å². The van der Waals surface area contributed by atoms with E-state index in [4.69, 9.17) is 14.3 Å². The lowest BCUT2D eigenvalue weighted by Gasteiger charge is -1.79. The molecule has 1 aromatic heterocycles. The van der Waals surface area contributed by atoms with Gasteiger partial charge in [0.1, 0.15) is 5.76 Å². The average molecular weight is 156 g/mol. The van der Waals surface area contributed by atoms with E-state index in [-0.39, 0.29) is 0 Å². The van der Waals surface area contributed by atoms with Gasteiger partial charge >= 0.3 is 0 Å². The second-order valence-electron chi connectivity index (χ2n) is 1.95. The van der Waals surface area contributed by atoms with E-state index in [2.05, 4.69) is 6.92 Å². The lowest BCUT2D eigenvalue weighted by atomic mass is 10.4. The Morgan fingerprint density at radius 2 is 2.27 bits per heavy atom. The predicted octanol–water partition coefficient (Wildman–Crippen LogP) is 1.93. The molecule has 0 atom stereocenters. The first-order valence-corrected chi connectivity index (χ1v) is 3.38. The molecule has 0 aliphatic rings. The van der Waals surface area contributed by atoms with Crippen LogP contribution in [0.5, 0.6) is 0 Å². The first-order valence-electron chi connectivity index (χ1n) is 3.38. The highest BCUT2D eigenvalue weighted by Crippen LogP contribution is 1.98. The van der Waals surface area contributed by atoms with Gasteiger partial charge < -0.3 is 9.52 Å². The minimum absolute atomic E-state index is 0.833. The van der Waals surface area contributed by atoms with E-state index in [0.29, 0.717) is 0 Å². The second kappa shape index (κ2) is 5.53. The van der Waals surface area contributed by atoms with Crippen LogP contribution < -0.4 is 0 Å². The van der Waals surface area contributed by atoms with Crippen molar-refractivity contribution in [3.63, 3.8) is 0 Å². The molecule has 1 N–H and O–H groups in total. The quantitative estimate of drug-likeness (QED) is 0.675. The fourth-order valence-corrected chi connectivity index (χ4v) is 0.514. The topological polar surface area (TPSA) is 50.4 Å². The summed E-state index contributed by atoms with van der Waals surface area (Å²) in [5.41, 5.74) is 0. The maximum Gasteiger partial charge on any atom is 0.300 e. The van der Waals surface area contributed by atoms with Crippen molar-refractivity contribution in [2.75, 3.05) is 0 Å². The van der Waals surface area contributed by atoms with Crippen LogP contribution in [0.4, 0.5) is 0 Å². The number of hydrogen-bond donors (Lipinski definition) is 1. The fourth-order valence-electron chi connectivity index (χ4n) is 0.514. The lowest BCUT2D eigenvalue weighted by Crippen LogP contribution is -1.78. The van der Waals surface area contributed by atoms with E-state index in [1.165, 1.54) is 0 Å². The Bertz CT molecular complexity index is 185. The van der Waals surface area contributed by atoms with Crippen LogP contribution in [0.25, 0.3) is 0 Å². The average Bonchev–Trinajstić information content (AvgIpc) is 2.36. The number of carboxylic acid groups (broad SMARTS) is 1. The molecule has 3 heteroatoms.